The van der Waals surface area contributed by atoms with Crippen LogP contribution >= 0.6 is 11.6 Å². The first kappa shape index (κ1) is 13.3. The fourth-order valence-electron chi connectivity index (χ4n) is 3.82. The predicted molar refractivity (Wildman–Crippen MR) is 78.6 cm³/mol. The monoisotopic (exact) mass is 279 g/mol. The molecule has 1 aromatic rings. The topological polar surface area (TPSA) is 35.2 Å². The summed E-state index contributed by atoms with van der Waals surface area (Å²) in [7, 11) is 0. The number of benzene rings is 1. The van der Waals surface area contributed by atoms with E-state index in [9.17, 15) is 0 Å². The van der Waals surface area contributed by atoms with E-state index in [2.05, 4.69) is 0 Å². The lowest BCUT2D eigenvalue weighted by Gasteiger charge is -2.22. The van der Waals surface area contributed by atoms with Crippen LogP contribution in [-0.2, 0) is 6.42 Å². The molecule has 0 heterocycles. The van der Waals surface area contributed by atoms with Crippen molar-refractivity contribution in [1.82, 2.24) is 0 Å². The molecule has 0 saturated heterocycles. The zero-order valence-electron chi connectivity index (χ0n) is 11.3. The Labute approximate surface area is 120 Å². The predicted octanol–water partition coefficient (Wildman–Crippen LogP) is 3.66. The van der Waals surface area contributed by atoms with E-state index in [0.717, 1.165) is 47.1 Å². The second-order valence-corrected chi connectivity index (χ2v) is 6.47. The minimum atomic E-state index is 0.630. The largest absolute Gasteiger partial charge is 0.493 e. The lowest BCUT2D eigenvalue weighted by molar-refractivity contribution is 0.194. The van der Waals surface area contributed by atoms with E-state index in [-0.39, 0.29) is 0 Å². The van der Waals surface area contributed by atoms with Crippen molar-refractivity contribution in [2.75, 3.05) is 13.2 Å². The van der Waals surface area contributed by atoms with Crippen molar-refractivity contribution < 1.29 is 4.74 Å². The zero-order valence-corrected chi connectivity index (χ0v) is 12.0. The number of ether oxygens (including phenoxy) is 1. The molecule has 104 valence electrons. The van der Waals surface area contributed by atoms with Crippen molar-refractivity contribution in [3.05, 3.63) is 28.8 Å². The summed E-state index contributed by atoms with van der Waals surface area (Å²) in [6.45, 7) is 1.49. The second kappa shape index (κ2) is 5.72. The van der Waals surface area contributed by atoms with E-state index in [0.29, 0.717) is 6.54 Å². The van der Waals surface area contributed by atoms with Crippen molar-refractivity contribution in [3.63, 3.8) is 0 Å². The van der Waals surface area contributed by atoms with E-state index < -0.39 is 0 Å². The highest BCUT2D eigenvalue weighted by molar-refractivity contribution is 6.30. The third kappa shape index (κ3) is 2.90. The van der Waals surface area contributed by atoms with E-state index in [1.807, 2.05) is 18.2 Å². The lowest BCUT2D eigenvalue weighted by atomic mass is 9.89. The Hall–Kier alpha value is -0.730. The molecule has 0 amide bonds. The first-order valence-corrected chi connectivity index (χ1v) is 7.75. The Morgan fingerprint density at radius 1 is 1.26 bits per heavy atom. The van der Waals surface area contributed by atoms with Gasteiger partial charge in [0, 0.05) is 5.02 Å². The summed E-state index contributed by atoms with van der Waals surface area (Å²) in [5, 5.41) is 0.760. The van der Waals surface area contributed by atoms with Gasteiger partial charge in [-0.05, 0) is 73.7 Å². The molecular weight excluding hydrogens is 258 g/mol. The number of nitrogens with two attached hydrogens (primary N) is 1. The molecule has 2 N–H and O–H groups in total. The Balaban J connectivity index is 1.63. The summed E-state index contributed by atoms with van der Waals surface area (Å²) >= 11 is 6.03. The van der Waals surface area contributed by atoms with Crippen LogP contribution in [-0.4, -0.2) is 13.2 Å². The Morgan fingerprint density at radius 2 is 2.16 bits per heavy atom. The van der Waals surface area contributed by atoms with Gasteiger partial charge in [-0.15, -0.1) is 0 Å². The first-order chi connectivity index (χ1) is 9.26. The van der Waals surface area contributed by atoms with Gasteiger partial charge < -0.3 is 10.5 Å². The van der Waals surface area contributed by atoms with Gasteiger partial charge in [0.05, 0.1) is 6.61 Å². The number of fused-ring (bicyclic) bond motifs is 2. The average molecular weight is 280 g/mol. The smallest absolute Gasteiger partial charge is 0.122 e. The van der Waals surface area contributed by atoms with E-state index >= 15 is 0 Å². The molecule has 3 unspecified atom stereocenters. The number of hydrogen-bond acceptors (Lipinski definition) is 2. The molecule has 3 atom stereocenters. The van der Waals surface area contributed by atoms with Gasteiger partial charge in [0.2, 0.25) is 0 Å². The Morgan fingerprint density at radius 3 is 2.84 bits per heavy atom. The lowest BCUT2D eigenvalue weighted by Crippen LogP contribution is -2.19. The van der Waals surface area contributed by atoms with Crippen molar-refractivity contribution >= 4 is 11.6 Å². The molecule has 0 aliphatic heterocycles. The fraction of sp³-hybridized carbons (Fsp3) is 0.625. The summed E-state index contributed by atoms with van der Waals surface area (Å²) in [5.41, 5.74) is 6.79. The van der Waals surface area contributed by atoms with Crippen molar-refractivity contribution in [2.24, 2.45) is 23.5 Å². The van der Waals surface area contributed by atoms with Crippen LogP contribution in [0.1, 0.15) is 31.2 Å². The van der Waals surface area contributed by atoms with Gasteiger partial charge in [0.1, 0.15) is 5.75 Å². The summed E-state index contributed by atoms with van der Waals surface area (Å²) in [6.07, 6.45) is 6.48. The highest BCUT2D eigenvalue weighted by Crippen LogP contribution is 2.48. The van der Waals surface area contributed by atoms with Gasteiger partial charge in [-0.3, -0.25) is 0 Å². The molecule has 2 fully saturated rings. The first-order valence-electron chi connectivity index (χ1n) is 7.37. The zero-order chi connectivity index (χ0) is 13.2. The molecule has 0 spiro atoms. The van der Waals surface area contributed by atoms with Gasteiger partial charge in [0.25, 0.3) is 0 Å². The van der Waals surface area contributed by atoms with Crippen molar-refractivity contribution in [2.45, 2.75) is 32.1 Å². The van der Waals surface area contributed by atoms with Gasteiger partial charge in [-0.1, -0.05) is 18.0 Å². The standard InChI is InChI=1S/C16H22ClNO/c17-15-3-4-16(13(9-15)5-6-18)19-10-14-8-11-1-2-12(14)7-11/h3-4,9,11-12,14H,1-2,5-8,10,18H2. The molecule has 0 radical (unpaired) electrons. The molecule has 3 heteroatoms. The molecule has 3 rings (SSSR count). The van der Waals surface area contributed by atoms with Crippen LogP contribution in [0, 0.1) is 17.8 Å². The third-order valence-electron chi connectivity index (χ3n) is 4.77. The Kier molecular flexibility index (Phi) is 3.99. The van der Waals surface area contributed by atoms with Crippen LogP contribution in [0.3, 0.4) is 0 Å². The molecule has 2 aliphatic rings. The molecule has 0 aromatic heterocycles. The van der Waals surface area contributed by atoms with Crippen molar-refractivity contribution in [1.29, 1.82) is 0 Å². The summed E-state index contributed by atoms with van der Waals surface area (Å²) < 4.78 is 6.07. The van der Waals surface area contributed by atoms with Gasteiger partial charge in [-0.25, -0.2) is 0 Å². The SMILES string of the molecule is NCCc1cc(Cl)ccc1OCC1CC2CCC1C2. The molecule has 1 aromatic carbocycles. The summed E-state index contributed by atoms with van der Waals surface area (Å²) in [5.74, 6) is 3.63. The molecule has 2 nitrogen and oxygen atoms in total. The van der Waals surface area contributed by atoms with Crippen LogP contribution in [0.2, 0.25) is 5.02 Å². The minimum absolute atomic E-state index is 0.630. The van der Waals surface area contributed by atoms with Gasteiger partial charge >= 0.3 is 0 Å². The minimum Gasteiger partial charge on any atom is -0.493 e. The van der Waals surface area contributed by atoms with Crippen molar-refractivity contribution in [3.8, 4) is 5.75 Å². The maximum atomic E-state index is 6.07. The van der Waals surface area contributed by atoms with Crippen LogP contribution in [0.5, 0.6) is 5.75 Å². The van der Waals surface area contributed by atoms with Crippen LogP contribution in [0.15, 0.2) is 18.2 Å². The normalized spacial score (nSPS) is 28.8. The van der Waals surface area contributed by atoms with Crippen LogP contribution in [0.4, 0.5) is 0 Å². The maximum absolute atomic E-state index is 6.07. The summed E-state index contributed by atoms with van der Waals surface area (Å²) in [6, 6.07) is 5.86. The van der Waals surface area contributed by atoms with Crippen LogP contribution < -0.4 is 10.5 Å². The van der Waals surface area contributed by atoms with Gasteiger partial charge in [-0.2, -0.15) is 0 Å². The number of rotatable bonds is 5. The Bertz CT molecular complexity index is 448. The molecule has 19 heavy (non-hydrogen) atoms. The molecular formula is C16H22ClNO. The van der Waals surface area contributed by atoms with Gasteiger partial charge in [0.15, 0.2) is 0 Å². The highest BCUT2D eigenvalue weighted by Gasteiger charge is 2.39. The third-order valence-corrected chi connectivity index (χ3v) is 5.01. The fourth-order valence-corrected chi connectivity index (χ4v) is 4.01. The molecule has 2 bridgehead atoms. The number of hydrogen-bond donors (Lipinski definition) is 1. The molecule has 2 aliphatic carbocycles. The quantitative estimate of drug-likeness (QED) is 0.893. The van der Waals surface area contributed by atoms with E-state index in [1.54, 1.807) is 0 Å². The van der Waals surface area contributed by atoms with Crippen LogP contribution in [0.25, 0.3) is 0 Å². The molecule has 2 saturated carbocycles. The average Bonchev–Trinajstić information content (AvgIpc) is 3.00. The van der Waals surface area contributed by atoms with E-state index in [4.69, 9.17) is 22.1 Å². The summed E-state index contributed by atoms with van der Waals surface area (Å²) in [4.78, 5) is 0. The maximum Gasteiger partial charge on any atom is 0.122 e. The highest BCUT2D eigenvalue weighted by atomic mass is 35.5. The van der Waals surface area contributed by atoms with E-state index in [1.165, 1.54) is 25.7 Å². The number of halogens is 1. The second-order valence-electron chi connectivity index (χ2n) is 6.04.